The molecule has 6 rings (SSSR count). The molecule has 8 heteroatoms. The van der Waals surface area contributed by atoms with E-state index in [0.29, 0.717) is 29.4 Å². The van der Waals surface area contributed by atoms with Crippen molar-refractivity contribution in [2.24, 2.45) is 34.5 Å². The summed E-state index contributed by atoms with van der Waals surface area (Å²) < 4.78 is 0. The van der Waals surface area contributed by atoms with Gasteiger partial charge in [0.2, 0.25) is 5.78 Å². The molecule has 6 atom stereocenters. The molecule has 4 aliphatic carbocycles. The van der Waals surface area contributed by atoms with Crippen LogP contribution in [0.5, 0.6) is 5.75 Å². The Bertz CT molecular complexity index is 1750. The van der Waals surface area contributed by atoms with Crippen molar-refractivity contribution in [3.63, 3.8) is 0 Å². The van der Waals surface area contributed by atoms with Crippen LogP contribution >= 0.6 is 0 Å². The molecule has 48 heavy (non-hydrogen) atoms. The van der Waals surface area contributed by atoms with Crippen LogP contribution in [0.25, 0.3) is 0 Å². The zero-order valence-corrected chi connectivity index (χ0v) is 28.7. The summed E-state index contributed by atoms with van der Waals surface area (Å²) in [4.78, 5) is 41.2. The third kappa shape index (κ3) is 4.51. The SMILES string of the molecule is CC(=O)C1=C(O)C(C(C)C)[C@@]2(C)[C@H](O)[C@]3(C)C(=C(O)[C@@]2(O)C1=O)C(=O)c1c(ccc(CC2CCC(Cc4ccccc4)CC2)c1O)[C@H]3C. The van der Waals surface area contributed by atoms with Gasteiger partial charge in [-0.3, -0.25) is 14.4 Å². The van der Waals surface area contributed by atoms with Crippen LogP contribution in [0.1, 0.15) is 100 Å². The van der Waals surface area contributed by atoms with Crippen LogP contribution in [-0.2, 0) is 22.4 Å². The van der Waals surface area contributed by atoms with E-state index in [0.717, 1.165) is 39.0 Å². The van der Waals surface area contributed by atoms with Crippen LogP contribution < -0.4 is 0 Å². The first kappa shape index (κ1) is 34.1. The van der Waals surface area contributed by atoms with Crippen LogP contribution in [-0.4, -0.2) is 54.6 Å². The molecule has 0 spiro atoms. The van der Waals surface area contributed by atoms with Gasteiger partial charge >= 0.3 is 0 Å². The summed E-state index contributed by atoms with van der Waals surface area (Å²) >= 11 is 0. The lowest BCUT2D eigenvalue weighted by atomic mass is 9.41. The molecule has 0 bridgehead atoms. The van der Waals surface area contributed by atoms with Gasteiger partial charge in [0.1, 0.15) is 22.8 Å². The molecular formula is C40H48O8. The highest BCUT2D eigenvalue weighted by molar-refractivity contribution is 6.25. The van der Waals surface area contributed by atoms with Crippen molar-refractivity contribution in [1.29, 1.82) is 0 Å². The van der Waals surface area contributed by atoms with Gasteiger partial charge in [-0.15, -0.1) is 0 Å². The number of phenolic OH excluding ortho intramolecular Hbond substituents is 1. The van der Waals surface area contributed by atoms with E-state index in [1.807, 2.05) is 12.1 Å². The Morgan fingerprint density at radius 3 is 2.06 bits per heavy atom. The minimum Gasteiger partial charge on any atom is -0.511 e. The first-order valence-electron chi connectivity index (χ1n) is 17.3. The number of carbonyl (C=O) groups is 3. The molecule has 0 aliphatic heterocycles. The van der Waals surface area contributed by atoms with Crippen molar-refractivity contribution in [1.82, 2.24) is 0 Å². The molecule has 0 aromatic heterocycles. The van der Waals surface area contributed by atoms with Gasteiger partial charge in [-0.2, -0.15) is 0 Å². The summed E-state index contributed by atoms with van der Waals surface area (Å²) in [5, 5.41) is 59.7. The number of benzene rings is 2. The van der Waals surface area contributed by atoms with Crippen molar-refractivity contribution in [3.05, 3.63) is 87.4 Å². The van der Waals surface area contributed by atoms with Gasteiger partial charge in [-0.05, 0) is 85.8 Å². The van der Waals surface area contributed by atoms with Gasteiger partial charge in [0, 0.05) is 16.7 Å². The monoisotopic (exact) mass is 656 g/mol. The van der Waals surface area contributed by atoms with Crippen molar-refractivity contribution in [2.75, 3.05) is 0 Å². The third-order valence-corrected chi connectivity index (χ3v) is 12.8. The number of aliphatic hydroxyl groups is 4. The van der Waals surface area contributed by atoms with E-state index in [1.165, 1.54) is 12.5 Å². The second-order valence-corrected chi connectivity index (χ2v) is 15.6. The summed E-state index contributed by atoms with van der Waals surface area (Å²) in [5.74, 6) is -5.84. The zero-order valence-electron chi connectivity index (χ0n) is 28.7. The van der Waals surface area contributed by atoms with Gasteiger partial charge < -0.3 is 25.5 Å². The van der Waals surface area contributed by atoms with E-state index in [9.17, 15) is 39.9 Å². The van der Waals surface area contributed by atoms with Crippen LogP contribution in [0.4, 0.5) is 0 Å². The number of aromatic hydroxyl groups is 1. The smallest absolute Gasteiger partial charge is 0.209 e. The first-order valence-corrected chi connectivity index (χ1v) is 17.3. The van der Waals surface area contributed by atoms with Crippen molar-refractivity contribution >= 4 is 17.3 Å². The molecule has 1 saturated carbocycles. The summed E-state index contributed by atoms with van der Waals surface area (Å²) in [5.41, 5.74) is -4.91. The van der Waals surface area contributed by atoms with Crippen LogP contribution in [0.15, 0.2) is 65.1 Å². The maximum atomic E-state index is 14.5. The normalized spacial score (nSPS) is 35.0. The molecule has 0 amide bonds. The molecule has 1 unspecified atom stereocenters. The number of ketones is 3. The Hall–Kier alpha value is -3.75. The van der Waals surface area contributed by atoms with Gasteiger partial charge in [0.25, 0.3) is 0 Å². The number of phenols is 1. The summed E-state index contributed by atoms with van der Waals surface area (Å²) in [6.45, 7) is 9.36. The molecule has 0 heterocycles. The number of Topliss-reactive ketones (excluding diaryl/α,β-unsaturated/α-hetero) is 3. The number of hydrogen-bond acceptors (Lipinski definition) is 8. The van der Waals surface area contributed by atoms with Crippen LogP contribution in [0.3, 0.4) is 0 Å². The minimum absolute atomic E-state index is 0.00922. The average molecular weight is 657 g/mol. The first-order chi connectivity index (χ1) is 22.5. The van der Waals surface area contributed by atoms with Crippen LogP contribution in [0, 0.1) is 34.5 Å². The Morgan fingerprint density at radius 1 is 0.917 bits per heavy atom. The third-order valence-electron chi connectivity index (χ3n) is 12.8. The average Bonchev–Trinajstić information content (AvgIpc) is 3.03. The molecule has 256 valence electrons. The Labute approximate surface area is 282 Å². The molecule has 8 nitrogen and oxygen atoms in total. The van der Waals surface area contributed by atoms with E-state index in [4.69, 9.17) is 0 Å². The van der Waals surface area contributed by atoms with Crippen molar-refractivity contribution in [3.8, 4) is 5.75 Å². The van der Waals surface area contributed by atoms with Crippen LogP contribution in [0.2, 0.25) is 0 Å². The summed E-state index contributed by atoms with van der Waals surface area (Å²) in [7, 11) is 0. The number of aliphatic hydroxyl groups excluding tert-OH is 3. The lowest BCUT2D eigenvalue weighted by molar-refractivity contribution is -0.211. The fourth-order valence-corrected chi connectivity index (χ4v) is 10.0. The van der Waals surface area contributed by atoms with Gasteiger partial charge in [-0.1, -0.05) is 77.1 Å². The highest BCUT2D eigenvalue weighted by atomic mass is 16.4. The minimum atomic E-state index is -2.89. The number of fused-ring (bicyclic) bond motifs is 3. The van der Waals surface area contributed by atoms with E-state index in [2.05, 4.69) is 24.3 Å². The van der Waals surface area contributed by atoms with Crippen molar-refractivity contribution in [2.45, 2.75) is 97.7 Å². The van der Waals surface area contributed by atoms with Gasteiger partial charge in [-0.25, -0.2) is 0 Å². The highest BCUT2D eigenvalue weighted by Gasteiger charge is 2.76. The summed E-state index contributed by atoms with van der Waals surface area (Å²) in [6.07, 6.45) is 4.14. The topological polar surface area (TPSA) is 152 Å². The fourth-order valence-electron chi connectivity index (χ4n) is 10.0. The van der Waals surface area contributed by atoms with E-state index in [-0.39, 0.29) is 16.9 Å². The lowest BCUT2D eigenvalue weighted by Crippen LogP contribution is -2.73. The largest absolute Gasteiger partial charge is 0.511 e. The Balaban J connectivity index is 1.39. The summed E-state index contributed by atoms with van der Waals surface area (Å²) in [6, 6.07) is 14.1. The maximum Gasteiger partial charge on any atom is 0.209 e. The number of carbonyl (C=O) groups excluding carboxylic acids is 3. The Morgan fingerprint density at radius 2 is 1.50 bits per heavy atom. The Kier molecular flexibility index (Phi) is 8.31. The molecule has 0 saturated heterocycles. The standard InChI is InChI=1S/C40H48O8/c1-20(2)30-33(43)28(22(4)41)35(45)40(48)36(46)31-34(44)29-27(21(3)38(31,5)37(47)39(30,40)6)17-16-26(32(29)42)19-25-14-12-24(13-15-25)18-23-10-8-7-9-11-23/h7-11,16-17,20-21,24-25,30,37,42-43,46-48H,12-15,18-19H2,1-6H3/t21-,24?,25?,30?,37-,38+,39+,40+/m1/s1. The lowest BCUT2D eigenvalue weighted by Gasteiger charge is -2.63. The molecule has 2 aromatic carbocycles. The number of rotatable bonds is 6. The zero-order chi connectivity index (χ0) is 35.1. The fraction of sp³-hybridized carbons (Fsp3) is 0.525. The predicted molar refractivity (Wildman–Crippen MR) is 181 cm³/mol. The van der Waals surface area contributed by atoms with E-state index >= 15 is 0 Å². The van der Waals surface area contributed by atoms with Crippen molar-refractivity contribution < 1.29 is 39.9 Å². The number of allylic oxidation sites excluding steroid dienone is 1. The molecule has 1 fully saturated rings. The van der Waals surface area contributed by atoms with E-state index in [1.54, 1.807) is 33.8 Å². The molecule has 0 radical (unpaired) electrons. The molecule has 5 N–H and O–H groups in total. The quantitative estimate of drug-likeness (QED) is 0.222. The maximum absolute atomic E-state index is 14.5. The molecule has 4 aliphatic rings. The van der Waals surface area contributed by atoms with Gasteiger partial charge in [0.15, 0.2) is 17.2 Å². The second-order valence-electron chi connectivity index (χ2n) is 15.6. The molecular weight excluding hydrogens is 608 g/mol. The highest BCUT2D eigenvalue weighted by Crippen LogP contribution is 2.67. The number of hydrogen-bond donors (Lipinski definition) is 5. The van der Waals surface area contributed by atoms with Gasteiger partial charge in [0.05, 0.1) is 17.2 Å². The second kappa shape index (κ2) is 11.7. The van der Waals surface area contributed by atoms with E-state index < -0.39 is 74.7 Å². The predicted octanol–water partition coefficient (Wildman–Crippen LogP) is 6.47. The molecule has 2 aromatic rings.